The average Bonchev–Trinajstić information content (AvgIpc) is 3.17. The summed E-state index contributed by atoms with van der Waals surface area (Å²) in [6.45, 7) is 0.351. The van der Waals surface area contributed by atoms with Crippen molar-refractivity contribution in [3.63, 3.8) is 0 Å². The first-order valence-electron chi connectivity index (χ1n) is 8.89. The van der Waals surface area contributed by atoms with Crippen molar-refractivity contribution in [2.45, 2.75) is 6.54 Å². The van der Waals surface area contributed by atoms with Gasteiger partial charge in [0.1, 0.15) is 5.82 Å². The molecule has 0 aliphatic carbocycles. The molecule has 2 heterocycles. The smallest absolute Gasteiger partial charge is 0.263 e. The lowest BCUT2D eigenvalue weighted by atomic mass is 10.2. The van der Waals surface area contributed by atoms with E-state index in [2.05, 4.69) is 10.2 Å². The number of nitrogens with zero attached hydrogens (tertiary/aromatic N) is 4. The number of hydrogen-bond donors (Lipinski definition) is 0. The molecular formula is C22H15FN4O. The van der Waals surface area contributed by atoms with Gasteiger partial charge in [0.2, 0.25) is 5.78 Å². The summed E-state index contributed by atoms with van der Waals surface area (Å²) in [5.41, 5.74) is 1.80. The highest BCUT2D eigenvalue weighted by Gasteiger charge is 2.19. The fourth-order valence-corrected chi connectivity index (χ4v) is 3.48. The second kappa shape index (κ2) is 6.42. The molecule has 5 rings (SSSR count). The number of hydrogen-bond acceptors (Lipinski definition) is 3. The van der Waals surface area contributed by atoms with E-state index in [0.717, 1.165) is 5.56 Å². The van der Waals surface area contributed by atoms with E-state index in [4.69, 9.17) is 0 Å². The van der Waals surface area contributed by atoms with E-state index in [1.807, 2.05) is 48.5 Å². The lowest BCUT2D eigenvalue weighted by Gasteiger charge is -2.11. The molecule has 0 amide bonds. The summed E-state index contributed by atoms with van der Waals surface area (Å²) in [7, 11) is 0. The van der Waals surface area contributed by atoms with Crippen LogP contribution in [0.1, 0.15) is 5.56 Å². The first kappa shape index (κ1) is 16.4. The zero-order valence-corrected chi connectivity index (χ0v) is 14.8. The normalized spacial score (nSPS) is 11.3. The lowest BCUT2D eigenvalue weighted by molar-refractivity contribution is 0.630. The monoisotopic (exact) mass is 370 g/mol. The van der Waals surface area contributed by atoms with Gasteiger partial charge in [-0.05, 0) is 29.8 Å². The van der Waals surface area contributed by atoms with E-state index in [1.165, 1.54) is 6.07 Å². The van der Waals surface area contributed by atoms with E-state index in [9.17, 15) is 9.18 Å². The molecule has 5 nitrogen and oxygen atoms in total. The van der Waals surface area contributed by atoms with Crippen molar-refractivity contribution in [1.82, 2.24) is 19.2 Å². The fourth-order valence-electron chi connectivity index (χ4n) is 3.48. The summed E-state index contributed by atoms with van der Waals surface area (Å²) in [6.07, 6.45) is 0. The van der Waals surface area contributed by atoms with E-state index < -0.39 is 0 Å². The highest BCUT2D eigenvalue weighted by Crippen LogP contribution is 2.24. The molecule has 0 bridgehead atoms. The Morgan fingerprint density at radius 2 is 1.54 bits per heavy atom. The van der Waals surface area contributed by atoms with E-state index in [-0.39, 0.29) is 11.4 Å². The van der Waals surface area contributed by atoms with Gasteiger partial charge in [-0.15, -0.1) is 10.2 Å². The Morgan fingerprint density at radius 3 is 2.36 bits per heavy atom. The number of para-hydroxylation sites is 1. The van der Waals surface area contributed by atoms with E-state index in [0.29, 0.717) is 34.6 Å². The summed E-state index contributed by atoms with van der Waals surface area (Å²) in [6, 6.07) is 23.4. The molecule has 0 radical (unpaired) electrons. The molecule has 3 aromatic carbocycles. The van der Waals surface area contributed by atoms with Crippen LogP contribution in [0.5, 0.6) is 0 Å². The third-order valence-corrected chi connectivity index (χ3v) is 4.81. The van der Waals surface area contributed by atoms with Gasteiger partial charge in [-0.25, -0.2) is 4.39 Å². The minimum atomic E-state index is -0.387. The van der Waals surface area contributed by atoms with Gasteiger partial charge in [0.25, 0.3) is 5.56 Å². The Kier molecular flexibility index (Phi) is 3.76. The van der Waals surface area contributed by atoms with Crippen LogP contribution in [-0.4, -0.2) is 19.2 Å². The number of fused-ring (bicyclic) bond motifs is 3. The molecule has 0 saturated heterocycles. The van der Waals surface area contributed by atoms with Gasteiger partial charge in [-0.3, -0.25) is 13.8 Å². The fraction of sp³-hybridized carbons (Fsp3) is 0.0455. The minimum absolute atomic E-state index is 0.153. The zero-order valence-electron chi connectivity index (χ0n) is 14.8. The first-order valence-corrected chi connectivity index (χ1v) is 8.89. The standard InChI is InChI=1S/C22H15FN4O/c23-18-12-6-4-10-16(18)20-24-25-22-26(14-15-8-2-1-3-9-15)21(28)17-11-5-7-13-19(17)27(20)22/h1-13H,14H2. The maximum absolute atomic E-state index is 14.5. The number of rotatable bonds is 3. The van der Waals surface area contributed by atoms with Crippen molar-refractivity contribution in [3.8, 4) is 11.4 Å². The molecule has 2 aromatic heterocycles. The van der Waals surface area contributed by atoms with Crippen molar-refractivity contribution >= 4 is 16.7 Å². The number of halogens is 1. The van der Waals surface area contributed by atoms with Gasteiger partial charge >= 0.3 is 0 Å². The predicted molar refractivity (Wildman–Crippen MR) is 106 cm³/mol. The number of benzene rings is 3. The van der Waals surface area contributed by atoms with Crippen molar-refractivity contribution < 1.29 is 4.39 Å². The maximum atomic E-state index is 14.5. The van der Waals surface area contributed by atoms with Crippen LogP contribution in [0.25, 0.3) is 28.1 Å². The molecule has 0 atom stereocenters. The summed E-state index contributed by atoms with van der Waals surface area (Å²) in [4.78, 5) is 13.2. The Labute approximate surface area is 159 Å². The third kappa shape index (κ3) is 2.50. The highest BCUT2D eigenvalue weighted by molar-refractivity contribution is 5.82. The molecule has 136 valence electrons. The summed E-state index contributed by atoms with van der Waals surface area (Å²) in [5.74, 6) is 0.360. The Hall–Kier alpha value is -3.80. The van der Waals surface area contributed by atoms with Gasteiger partial charge in [-0.2, -0.15) is 0 Å². The molecule has 0 aliphatic rings. The second-order valence-corrected chi connectivity index (χ2v) is 6.53. The van der Waals surface area contributed by atoms with Crippen molar-refractivity contribution in [3.05, 3.63) is 101 Å². The Bertz CT molecular complexity index is 1370. The lowest BCUT2D eigenvalue weighted by Crippen LogP contribution is -2.24. The minimum Gasteiger partial charge on any atom is -0.272 e. The summed E-state index contributed by atoms with van der Waals surface area (Å²) >= 11 is 0. The molecule has 0 spiro atoms. The molecule has 5 aromatic rings. The molecular weight excluding hydrogens is 355 g/mol. The maximum Gasteiger partial charge on any atom is 0.263 e. The van der Waals surface area contributed by atoms with Crippen molar-refractivity contribution in [2.24, 2.45) is 0 Å². The molecule has 28 heavy (non-hydrogen) atoms. The summed E-state index contributed by atoms with van der Waals surface area (Å²) < 4.78 is 17.8. The van der Waals surface area contributed by atoms with Gasteiger partial charge in [0.15, 0.2) is 5.82 Å². The zero-order chi connectivity index (χ0) is 19.1. The number of aromatic nitrogens is 4. The van der Waals surface area contributed by atoms with Crippen molar-refractivity contribution in [2.75, 3.05) is 0 Å². The largest absolute Gasteiger partial charge is 0.272 e. The molecule has 0 fully saturated rings. The topological polar surface area (TPSA) is 52.2 Å². The van der Waals surface area contributed by atoms with Crippen LogP contribution in [0, 0.1) is 5.82 Å². The van der Waals surface area contributed by atoms with Crippen LogP contribution in [0.15, 0.2) is 83.7 Å². The average molecular weight is 370 g/mol. The van der Waals surface area contributed by atoms with Gasteiger partial charge in [0, 0.05) is 0 Å². The van der Waals surface area contributed by atoms with Gasteiger partial charge in [-0.1, -0.05) is 54.6 Å². The van der Waals surface area contributed by atoms with Crippen LogP contribution in [0.4, 0.5) is 4.39 Å². The van der Waals surface area contributed by atoms with Crippen LogP contribution in [-0.2, 0) is 6.54 Å². The molecule has 0 aliphatic heterocycles. The SMILES string of the molecule is O=c1c2ccccc2n2c(-c3ccccc3F)nnc2n1Cc1ccccc1. The predicted octanol–water partition coefficient (Wildman–Crippen LogP) is 3.90. The molecule has 6 heteroatoms. The van der Waals surface area contributed by atoms with Crippen molar-refractivity contribution in [1.29, 1.82) is 0 Å². The molecule has 0 unspecified atom stereocenters. The summed E-state index contributed by atoms with van der Waals surface area (Å²) in [5, 5.41) is 9.02. The third-order valence-electron chi connectivity index (χ3n) is 4.81. The van der Waals surface area contributed by atoms with Gasteiger partial charge < -0.3 is 0 Å². The quantitative estimate of drug-likeness (QED) is 0.484. The highest BCUT2D eigenvalue weighted by atomic mass is 19.1. The van der Waals surface area contributed by atoms with Crippen LogP contribution < -0.4 is 5.56 Å². The van der Waals surface area contributed by atoms with Crippen LogP contribution in [0.2, 0.25) is 0 Å². The van der Waals surface area contributed by atoms with E-state index >= 15 is 0 Å². The molecule has 0 N–H and O–H groups in total. The van der Waals surface area contributed by atoms with Crippen LogP contribution in [0.3, 0.4) is 0 Å². The Morgan fingerprint density at radius 1 is 0.821 bits per heavy atom. The second-order valence-electron chi connectivity index (χ2n) is 6.53. The first-order chi connectivity index (χ1) is 13.7. The van der Waals surface area contributed by atoms with E-state index in [1.54, 1.807) is 33.2 Å². The molecule has 0 saturated carbocycles. The van der Waals surface area contributed by atoms with Gasteiger partial charge in [0.05, 0.1) is 23.0 Å². The Balaban J connectivity index is 1.87. The van der Waals surface area contributed by atoms with Crippen LogP contribution >= 0.6 is 0 Å².